The predicted molar refractivity (Wildman–Crippen MR) is 64.3 cm³/mol. The third kappa shape index (κ3) is 2.25. The summed E-state index contributed by atoms with van der Waals surface area (Å²) < 4.78 is 13.8. The summed E-state index contributed by atoms with van der Waals surface area (Å²) in [6, 6.07) is 4.49. The highest BCUT2D eigenvalue weighted by Gasteiger charge is 2.14. The second-order valence-electron chi connectivity index (χ2n) is 3.47. The molecule has 0 amide bonds. The van der Waals surface area contributed by atoms with Crippen LogP contribution in [-0.4, -0.2) is 14.5 Å². The van der Waals surface area contributed by atoms with Gasteiger partial charge in [0.1, 0.15) is 0 Å². The van der Waals surface area contributed by atoms with E-state index in [1.165, 1.54) is 0 Å². The Morgan fingerprint density at radius 2 is 1.84 bits per heavy atom. The highest BCUT2D eigenvalue weighted by atomic mass is 35.5. The van der Waals surface area contributed by atoms with E-state index < -0.39 is 27.1 Å². The minimum Gasteiger partial charge on any atom is -0.295 e. The van der Waals surface area contributed by atoms with Gasteiger partial charge in [0.25, 0.3) is 11.2 Å². The van der Waals surface area contributed by atoms with Crippen molar-refractivity contribution in [2.75, 3.05) is 0 Å². The van der Waals surface area contributed by atoms with E-state index in [1.54, 1.807) is 0 Å². The lowest BCUT2D eigenvalue weighted by atomic mass is 10.3. The van der Waals surface area contributed by atoms with Crippen molar-refractivity contribution in [3.8, 4) is 5.69 Å². The van der Waals surface area contributed by atoms with E-state index in [-0.39, 0.29) is 11.4 Å². The van der Waals surface area contributed by atoms with Gasteiger partial charge in [-0.1, -0.05) is 11.6 Å². The monoisotopic (exact) mass is 285 g/mol. The molecule has 0 atom stereocenters. The standard InChI is InChI=1S/C10H5ClFN3O4/c11-8-7(12)9(16)14(10(17)13-8)5-1-3-6(4-2-5)15(18)19/h1-4H,(H,13,17). The lowest BCUT2D eigenvalue weighted by Gasteiger charge is -2.04. The van der Waals surface area contributed by atoms with Crippen molar-refractivity contribution >= 4 is 17.3 Å². The number of rotatable bonds is 2. The second kappa shape index (κ2) is 4.65. The van der Waals surface area contributed by atoms with E-state index in [9.17, 15) is 24.1 Å². The van der Waals surface area contributed by atoms with Crippen LogP contribution in [0.2, 0.25) is 5.15 Å². The summed E-state index contributed by atoms with van der Waals surface area (Å²) in [4.78, 5) is 34.9. The van der Waals surface area contributed by atoms with Crippen LogP contribution in [-0.2, 0) is 0 Å². The summed E-state index contributed by atoms with van der Waals surface area (Å²) >= 11 is 5.31. The largest absolute Gasteiger partial charge is 0.334 e. The maximum Gasteiger partial charge on any atom is 0.334 e. The van der Waals surface area contributed by atoms with Crippen molar-refractivity contribution < 1.29 is 9.31 Å². The average Bonchev–Trinajstić information content (AvgIpc) is 2.37. The lowest BCUT2D eigenvalue weighted by molar-refractivity contribution is -0.384. The molecule has 0 aliphatic heterocycles. The summed E-state index contributed by atoms with van der Waals surface area (Å²) in [5, 5.41) is 9.79. The molecule has 0 unspecified atom stereocenters. The summed E-state index contributed by atoms with van der Waals surface area (Å²) in [5.74, 6) is -1.31. The predicted octanol–water partition coefficient (Wildman–Crippen LogP) is 1.23. The van der Waals surface area contributed by atoms with Crippen molar-refractivity contribution in [2.45, 2.75) is 0 Å². The molecule has 0 aliphatic carbocycles. The van der Waals surface area contributed by atoms with Gasteiger partial charge in [-0.15, -0.1) is 0 Å². The van der Waals surface area contributed by atoms with Crippen LogP contribution in [0, 0.1) is 15.9 Å². The van der Waals surface area contributed by atoms with Crippen molar-refractivity contribution in [2.24, 2.45) is 0 Å². The lowest BCUT2D eigenvalue weighted by Crippen LogP contribution is -2.35. The van der Waals surface area contributed by atoms with Gasteiger partial charge in [-0.2, -0.15) is 4.39 Å². The Hall–Kier alpha value is -2.48. The molecule has 0 bridgehead atoms. The molecular weight excluding hydrogens is 281 g/mol. The average molecular weight is 286 g/mol. The molecule has 0 fully saturated rings. The first kappa shape index (κ1) is 13.0. The number of nitro benzene ring substituents is 1. The molecule has 9 heteroatoms. The zero-order chi connectivity index (χ0) is 14.2. The van der Waals surface area contributed by atoms with Crippen LogP contribution < -0.4 is 11.2 Å². The molecule has 0 aliphatic rings. The first-order valence-electron chi connectivity index (χ1n) is 4.87. The van der Waals surface area contributed by atoms with Crippen LogP contribution in [0.15, 0.2) is 33.9 Å². The molecule has 0 spiro atoms. The Kier molecular flexibility index (Phi) is 3.17. The molecule has 1 aromatic carbocycles. The molecule has 1 N–H and O–H groups in total. The number of H-pyrrole nitrogens is 1. The Morgan fingerprint density at radius 3 is 2.37 bits per heavy atom. The highest BCUT2D eigenvalue weighted by Crippen LogP contribution is 2.13. The third-order valence-corrected chi connectivity index (χ3v) is 2.58. The second-order valence-corrected chi connectivity index (χ2v) is 3.85. The van der Waals surface area contributed by atoms with Gasteiger partial charge in [-0.05, 0) is 12.1 Å². The number of hydrogen-bond acceptors (Lipinski definition) is 4. The summed E-state index contributed by atoms with van der Waals surface area (Å²) in [7, 11) is 0. The molecule has 98 valence electrons. The topological polar surface area (TPSA) is 98.0 Å². The number of nitrogens with zero attached hydrogens (tertiary/aromatic N) is 2. The maximum absolute atomic E-state index is 13.3. The molecule has 0 saturated heterocycles. The van der Waals surface area contributed by atoms with E-state index >= 15 is 0 Å². The minimum atomic E-state index is -1.31. The summed E-state index contributed by atoms with van der Waals surface area (Å²) in [6.45, 7) is 0. The Labute approximate surface area is 109 Å². The first-order valence-corrected chi connectivity index (χ1v) is 5.25. The van der Waals surface area contributed by atoms with Crippen LogP contribution >= 0.6 is 11.6 Å². The number of hydrogen-bond donors (Lipinski definition) is 1. The van der Waals surface area contributed by atoms with Gasteiger partial charge >= 0.3 is 5.69 Å². The van der Waals surface area contributed by atoms with E-state index in [0.717, 1.165) is 24.3 Å². The smallest absolute Gasteiger partial charge is 0.295 e. The number of benzene rings is 1. The summed E-state index contributed by atoms with van der Waals surface area (Å²) in [6.07, 6.45) is 0. The zero-order valence-corrected chi connectivity index (χ0v) is 9.85. The fourth-order valence-corrected chi connectivity index (χ4v) is 1.61. The molecule has 0 saturated carbocycles. The number of nitro groups is 1. The van der Waals surface area contributed by atoms with Gasteiger partial charge in [0.15, 0.2) is 5.15 Å². The van der Waals surface area contributed by atoms with Crippen LogP contribution in [0.4, 0.5) is 10.1 Å². The van der Waals surface area contributed by atoms with Crippen LogP contribution in [0.1, 0.15) is 0 Å². The number of halogens is 2. The van der Waals surface area contributed by atoms with Gasteiger partial charge in [0.05, 0.1) is 10.6 Å². The Morgan fingerprint density at radius 1 is 1.26 bits per heavy atom. The number of aromatic nitrogens is 2. The Balaban J connectivity index is 2.66. The molecular formula is C10H5ClFN3O4. The van der Waals surface area contributed by atoms with Gasteiger partial charge in [0, 0.05) is 12.1 Å². The fourth-order valence-electron chi connectivity index (χ4n) is 1.45. The van der Waals surface area contributed by atoms with Crippen LogP contribution in [0.5, 0.6) is 0 Å². The van der Waals surface area contributed by atoms with Crippen LogP contribution in [0.3, 0.4) is 0 Å². The van der Waals surface area contributed by atoms with Crippen molar-refractivity contribution in [3.63, 3.8) is 0 Å². The van der Waals surface area contributed by atoms with E-state index in [2.05, 4.69) is 0 Å². The van der Waals surface area contributed by atoms with Crippen molar-refractivity contribution in [3.05, 3.63) is 66.2 Å². The molecule has 2 aromatic rings. The van der Waals surface area contributed by atoms with Crippen LogP contribution in [0.25, 0.3) is 5.69 Å². The summed E-state index contributed by atoms with van der Waals surface area (Å²) in [5.41, 5.74) is -2.40. The molecule has 0 radical (unpaired) electrons. The Bertz CT molecular complexity index is 766. The quantitative estimate of drug-likeness (QED) is 0.509. The normalized spacial score (nSPS) is 10.4. The zero-order valence-electron chi connectivity index (χ0n) is 9.09. The fraction of sp³-hybridized carbons (Fsp3) is 0. The van der Waals surface area contributed by atoms with Gasteiger partial charge < -0.3 is 0 Å². The first-order chi connectivity index (χ1) is 8.91. The van der Waals surface area contributed by atoms with Crippen molar-refractivity contribution in [1.29, 1.82) is 0 Å². The van der Waals surface area contributed by atoms with E-state index in [1.807, 2.05) is 4.98 Å². The molecule has 19 heavy (non-hydrogen) atoms. The van der Waals surface area contributed by atoms with Crippen molar-refractivity contribution in [1.82, 2.24) is 9.55 Å². The SMILES string of the molecule is O=c1[nH]c(Cl)c(F)c(=O)n1-c1ccc([N+](=O)[O-])cc1. The van der Waals surface area contributed by atoms with E-state index in [4.69, 9.17) is 11.6 Å². The van der Waals surface area contributed by atoms with Gasteiger partial charge in [-0.3, -0.25) is 19.9 Å². The molecule has 7 nitrogen and oxygen atoms in total. The third-order valence-electron chi connectivity index (χ3n) is 2.32. The number of aromatic amines is 1. The minimum absolute atomic E-state index is 0.00702. The number of nitrogens with one attached hydrogen (secondary N) is 1. The van der Waals surface area contributed by atoms with Gasteiger partial charge in [-0.25, -0.2) is 9.36 Å². The number of non-ortho nitro benzene ring substituents is 1. The molecule has 1 heterocycles. The highest BCUT2D eigenvalue weighted by molar-refractivity contribution is 6.29. The van der Waals surface area contributed by atoms with Gasteiger partial charge in [0.2, 0.25) is 5.82 Å². The molecule has 2 rings (SSSR count). The maximum atomic E-state index is 13.3. The molecule has 1 aromatic heterocycles. The van der Waals surface area contributed by atoms with E-state index in [0.29, 0.717) is 4.57 Å².